The molecule has 20 heavy (non-hydrogen) atoms. The number of methoxy groups -OCH3 is 1. The summed E-state index contributed by atoms with van der Waals surface area (Å²) in [5.74, 6) is 0.784. The molecule has 1 heterocycles. The zero-order valence-electron chi connectivity index (χ0n) is 11.2. The van der Waals surface area contributed by atoms with Crippen molar-refractivity contribution in [2.24, 2.45) is 0 Å². The topological polar surface area (TPSA) is 71.8 Å². The number of aliphatic hydroxyl groups excluding tert-OH is 1. The number of benzene rings is 1. The maximum Gasteiger partial charge on any atom is 0.139 e. The van der Waals surface area contributed by atoms with Crippen molar-refractivity contribution in [2.45, 2.75) is 19.8 Å². The number of nitrogens with zero attached hydrogens (tertiary/aromatic N) is 1. The normalized spacial score (nSPS) is 10.5. The minimum atomic E-state index is -0.240. The van der Waals surface area contributed by atoms with Gasteiger partial charge in [0.25, 0.3) is 0 Å². The highest BCUT2D eigenvalue weighted by Gasteiger charge is 2.07. The average molecular weight is 275 g/mol. The van der Waals surface area contributed by atoms with E-state index in [2.05, 4.69) is 4.98 Å². The lowest BCUT2D eigenvalue weighted by molar-refractivity contribution is 0.105. The molecule has 0 saturated carbocycles. The molecule has 2 aromatic rings. The molecule has 2 N–H and O–H groups in total. The van der Waals surface area contributed by atoms with Crippen LogP contribution in [-0.2, 0) is 24.6 Å². The fourth-order valence-electron chi connectivity index (χ4n) is 1.83. The van der Waals surface area contributed by atoms with Crippen LogP contribution in [0.4, 0.5) is 0 Å². The maximum absolute atomic E-state index is 9.57. The third-order valence-electron chi connectivity index (χ3n) is 2.97. The first kappa shape index (κ1) is 14.3. The molecule has 0 radical (unpaired) electrons. The number of aliphatic hydroxyl groups is 1. The van der Waals surface area contributed by atoms with Crippen LogP contribution in [0, 0.1) is 0 Å². The van der Waals surface area contributed by atoms with Crippen LogP contribution in [0.2, 0.25) is 0 Å². The Morgan fingerprint density at radius 1 is 1.10 bits per heavy atom. The van der Waals surface area contributed by atoms with E-state index in [0.29, 0.717) is 17.7 Å². The molecule has 0 aliphatic heterocycles. The molecule has 0 amide bonds. The number of aromatic nitrogens is 1. The molecular weight excluding hydrogens is 258 g/mol. The summed E-state index contributed by atoms with van der Waals surface area (Å²) in [5.41, 5.74) is 2.15. The Bertz CT molecular complexity index is 554. The summed E-state index contributed by atoms with van der Waals surface area (Å²) >= 11 is 0. The van der Waals surface area contributed by atoms with Gasteiger partial charge in [0.2, 0.25) is 0 Å². The van der Waals surface area contributed by atoms with Crippen LogP contribution in [0.3, 0.4) is 0 Å². The van der Waals surface area contributed by atoms with Crippen molar-refractivity contribution < 1.29 is 19.7 Å². The molecule has 0 atom stereocenters. The minimum Gasteiger partial charge on any atom is -0.506 e. The van der Waals surface area contributed by atoms with Crippen molar-refractivity contribution >= 4 is 0 Å². The van der Waals surface area contributed by atoms with E-state index in [1.807, 2.05) is 24.3 Å². The third kappa shape index (κ3) is 3.46. The molecule has 0 spiro atoms. The second kappa shape index (κ2) is 6.88. The predicted octanol–water partition coefficient (Wildman–Crippen LogP) is 2.00. The van der Waals surface area contributed by atoms with Gasteiger partial charge in [0, 0.05) is 17.3 Å². The largest absolute Gasteiger partial charge is 0.506 e. The molecule has 0 aliphatic carbocycles. The zero-order valence-corrected chi connectivity index (χ0v) is 11.2. The molecule has 1 aromatic carbocycles. The van der Waals surface area contributed by atoms with Gasteiger partial charge in [0.1, 0.15) is 11.5 Å². The highest BCUT2D eigenvalue weighted by molar-refractivity contribution is 5.35. The van der Waals surface area contributed by atoms with Crippen LogP contribution in [0.25, 0.3) is 0 Å². The highest BCUT2D eigenvalue weighted by atomic mass is 16.5. The van der Waals surface area contributed by atoms with E-state index >= 15 is 0 Å². The lowest BCUT2D eigenvalue weighted by Crippen LogP contribution is -2.00. The maximum atomic E-state index is 9.57. The van der Waals surface area contributed by atoms with Gasteiger partial charge in [-0.25, -0.2) is 0 Å². The molecule has 0 bridgehead atoms. The third-order valence-corrected chi connectivity index (χ3v) is 2.97. The molecule has 5 heteroatoms. The van der Waals surface area contributed by atoms with E-state index in [4.69, 9.17) is 9.47 Å². The van der Waals surface area contributed by atoms with Crippen molar-refractivity contribution in [2.75, 3.05) is 7.11 Å². The van der Waals surface area contributed by atoms with Gasteiger partial charge in [0.05, 0.1) is 33.1 Å². The van der Waals surface area contributed by atoms with Gasteiger partial charge < -0.3 is 19.7 Å². The van der Waals surface area contributed by atoms with Crippen molar-refractivity contribution in [3.8, 4) is 11.5 Å². The average Bonchev–Trinajstić information content (AvgIpc) is 2.48. The van der Waals surface area contributed by atoms with Gasteiger partial charge in [-0.05, 0) is 17.7 Å². The number of aromatic hydroxyl groups is 1. The summed E-state index contributed by atoms with van der Waals surface area (Å²) in [6.45, 7) is 0.476. The molecule has 1 aromatic heterocycles. The van der Waals surface area contributed by atoms with Gasteiger partial charge in [0.15, 0.2) is 0 Å². The van der Waals surface area contributed by atoms with E-state index in [1.165, 1.54) is 6.20 Å². The molecule has 106 valence electrons. The first-order valence-electron chi connectivity index (χ1n) is 6.21. The van der Waals surface area contributed by atoms with Crippen LogP contribution in [0.5, 0.6) is 11.5 Å². The second-order valence-electron chi connectivity index (χ2n) is 4.30. The molecule has 0 aliphatic rings. The smallest absolute Gasteiger partial charge is 0.139 e. The van der Waals surface area contributed by atoms with Gasteiger partial charge in [-0.15, -0.1) is 0 Å². The summed E-state index contributed by atoms with van der Waals surface area (Å²) < 4.78 is 10.7. The lowest BCUT2D eigenvalue weighted by atomic mass is 10.1. The van der Waals surface area contributed by atoms with Crippen molar-refractivity contribution in [3.05, 3.63) is 53.3 Å². The number of ether oxygens (including phenoxy) is 2. The van der Waals surface area contributed by atoms with E-state index in [9.17, 15) is 10.2 Å². The summed E-state index contributed by atoms with van der Waals surface area (Å²) in [5, 5.41) is 18.8. The van der Waals surface area contributed by atoms with Crippen molar-refractivity contribution in [1.82, 2.24) is 4.98 Å². The van der Waals surface area contributed by atoms with Crippen LogP contribution >= 0.6 is 0 Å². The first-order valence-corrected chi connectivity index (χ1v) is 6.21. The molecule has 0 saturated heterocycles. The Morgan fingerprint density at radius 3 is 2.50 bits per heavy atom. The SMILES string of the molecule is COc1ccc(COCc2cncc(O)c2CO)cc1. The van der Waals surface area contributed by atoms with Gasteiger partial charge >= 0.3 is 0 Å². The van der Waals surface area contributed by atoms with E-state index in [-0.39, 0.29) is 19.0 Å². The van der Waals surface area contributed by atoms with Crippen molar-refractivity contribution in [3.63, 3.8) is 0 Å². The zero-order chi connectivity index (χ0) is 14.4. The van der Waals surface area contributed by atoms with E-state index in [1.54, 1.807) is 13.3 Å². The second-order valence-corrected chi connectivity index (χ2v) is 4.30. The Kier molecular flexibility index (Phi) is 4.92. The van der Waals surface area contributed by atoms with Gasteiger partial charge in [-0.3, -0.25) is 4.98 Å². The fraction of sp³-hybridized carbons (Fsp3) is 0.267. The van der Waals surface area contributed by atoms with Crippen LogP contribution in [0.15, 0.2) is 36.7 Å². The predicted molar refractivity (Wildman–Crippen MR) is 73.3 cm³/mol. The molecule has 5 nitrogen and oxygen atoms in total. The Labute approximate surface area is 117 Å². The number of rotatable bonds is 6. The number of pyridine rings is 1. The van der Waals surface area contributed by atoms with Crippen LogP contribution in [-0.4, -0.2) is 22.3 Å². The van der Waals surface area contributed by atoms with Gasteiger partial charge in [-0.2, -0.15) is 0 Å². The molecular formula is C15H17NO4. The fourth-order valence-corrected chi connectivity index (χ4v) is 1.83. The lowest BCUT2D eigenvalue weighted by Gasteiger charge is -2.09. The molecule has 2 rings (SSSR count). The Balaban J connectivity index is 1.94. The van der Waals surface area contributed by atoms with Crippen molar-refractivity contribution in [1.29, 1.82) is 0 Å². The molecule has 0 fully saturated rings. The summed E-state index contributed by atoms with van der Waals surface area (Å²) in [6.07, 6.45) is 2.89. The Morgan fingerprint density at radius 2 is 1.85 bits per heavy atom. The van der Waals surface area contributed by atoms with Crippen LogP contribution in [0.1, 0.15) is 16.7 Å². The Hall–Kier alpha value is -2.11. The summed E-state index contributed by atoms with van der Waals surface area (Å²) in [6, 6.07) is 7.58. The standard InChI is InChI=1S/C15H17NO4/c1-19-13-4-2-11(3-5-13)9-20-10-12-6-16-7-15(18)14(12)8-17/h2-7,17-18H,8-10H2,1H3. The minimum absolute atomic E-state index is 0.0157. The molecule has 0 unspecified atom stereocenters. The van der Waals surface area contributed by atoms with Gasteiger partial charge in [-0.1, -0.05) is 12.1 Å². The van der Waals surface area contributed by atoms with Crippen LogP contribution < -0.4 is 4.74 Å². The first-order chi connectivity index (χ1) is 9.74. The highest BCUT2D eigenvalue weighted by Crippen LogP contribution is 2.20. The van der Waals surface area contributed by atoms with E-state index in [0.717, 1.165) is 11.3 Å². The quantitative estimate of drug-likeness (QED) is 0.843. The summed E-state index contributed by atoms with van der Waals surface area (Å²) in [4.78, 5) is 3.88. The van der Waals surface area contributed by atoms with E-state index < -0.39 is 0 Å². The number of hydrogen-bond acceptors (Lipinski definition) is 5. The summed E-state index contributed by atoms with van der Waals surface area (Å²) in [7, 11) is 1.62. The number of hydrogen-bond donors (Lipinski definition) is 2. The monoisotopic (exact) mass is 275 g/mol.